The summed E-state index contributed by atoms with van der Waals surface area (Å²) >= 11 is 1.27. The molecule has 1 aromatic heterocycles. The van der Waals surface area contributed by atoms with Crippen LogP contribution in [0.1, 0.15) is 29.4 Å². The van der Waals surface area contributed by atoms with Gasteiger partial charge in [-0.2, -0.15) is 0 Å². The van der Waals surface area contributed by atoms with Crippen molar-refractivity contribution in [1.82, 2.24) is 15.2 Å². The number of sulfonamides is 1. The molecule has 5 rings (SSSR count). The highest BCUT2D eigenvalue weighted by Gasteiger charge is 2.40. The van der Waals surface area contributed by atoms with Crippen molar-refractivity contribution in [3.8, 4) is 10.6 Å². The molecule has 7 nitrogen and oxygen atoms in total. The molecule has 3 aliphatic heterocycles. The van der Waals surface area contributed by atoms with Crippen molar-refractivity contribution in [2.24, 2.45) is 5.92 Å². The maximum atomic E-state index is 12.8. The number of carbonyl (C=O) groups is 1. The molecule has 0 unspecified atom stereocenters. The lowest BCUT2D eigenvalue weighted by Crippen LogP contribution is -2.62. The van der Waals surface area contributed by atoms with Crippen LogP contribution in [0.15, 0.2) is 30.5 Å². The van der Waals surface area contributed by atoms with E-state index in [2.05, 4.69) is 26.8 Å². The highest BCUT2D eigenvalue weighted by molar-refractivity contribution is 7.92. The maximum absolute atomic E-state index is 12.8. The van der Waals surface area contributed by atoms with Gasteiger partial charge in [0.15, 0.2) is 0 Å². The fraction of sp³-hybridized carbons (Fsp3) is 0.474. The third kappa shape index (κ3) is 3.92. The van der Waals surface area contributed by atoms with Gasteiger partial charge in [0.1, 0.15) is 9.88 Å². The zero-order valence-electron chi connectivity index (χ0n) is 15.9. The van der Waals surface area contributed by atoms with Crippen LogP contribution in [0.3, 0.4) is 0 Å². The largest absolute Gasteiger partial charge is 0.347 e. The minimum atomic E-state index is -3.40. The Morgan fingerprint density at radius 1 is 1.25 bits per heavy atom. The third-order valence-electron chi connectivity index (χ3n) is 5.66. The smallest absolute Gasteiger partial charge is 0.263 e. The molecule has 2 aromatic rings. The summed E-state index contributed by atoms with van der Waals surface area (Å²) in [6, 6.07) is 7.57. The molecular weight excluding hydrogens is 396 g/mol. The molecule has 4 heterocycles. The van der Waals surface area contributed by atoms with Crippen LogP contribution in [0.4, 0.5) is 5.69 Å². The molecule has 3 fully saturated rings. The van der Waals surface area contributed by atoms with Crippen molar-refractivity contribution < 1.29 is 13.2 Å². The summed E-state index contributed by atoms with van der Waals surface area (Å²) < 4.78 is 25.7. The van der Waals surface area contributed by atoms with Crippen LogP contribution in [-0.4, -0.2) is 55.6 Å². The lowest BCUT2D eigenvalue weighted by atomic mass is 9.79. The Balaban J connectivity index is 1.53. The standard InChI is InChI=1S/C19H24N4O3S2/c1-12-17(13-7-9-23(12)10-8-13)21-18(24)16-11-20-19(27-16)14-5-3-4-6-15(14)22-28(2,25)26/h3-6,11-13,17,22H,7-10H2,1-2H3,(H,21,24)/t12-,17-/m0/s1. The first kappa shape index (κ1) is 19.4. The van der Waals surface area contributed by atoms with Crippen molar-refractivity contribution in [3.05, 3.63) is 35.3 Å². The predicted molar refractivity (Wildman–Crippen MR) is 111 cm³/mol. The fourth-order valence-electron chi connectivity index (χ4n) is 4.23. The Morgan fingerprint density at radius 3 is 2.64 bits per heavy atom. The van der Waals surface area contributed by atoms with Gasteiger partial charge in [-0.15, -0.1) is 11.3 Å². The van der Waals surface area contributed by atoms with Gasteiger partial charge in [0, 0.05) is 17.6 Å². The molecule has 28 heavy (non-hydrogen) atoms. The predicted octanol–water partition coefficient (Wildman–Crippen LogP) is 2.39. The first-order valence-electron chi connectivity index (χ1n) is 9.40. The summed E-state index contributed by atoms with van der Waals surface area (Å²) in [4.78, 5) is 20.2. The number of nitrogens with zero attached hydrogens (tertiary/aromatic N) is 2. The number of anilines is 1. The first-order valence-corrected chi connectivity index (χ1v) is 12.1. The topological polar surface area (TPSA) is 91.4 Å². The Hall–Kier alpha value is -1.97. The highest BCUT2D eigenvalue weighted by Crippen LogP contribution is 2.34. The molecule has 1 aromatic carbocycles. The molecule has 0 aliphatic carbocycles. The van der Waals surface area contributed by atoms with Gasteiger partial charge in [0.05, 0.1) is 18.1 Å². The number of aromatic nitrogens is 1. The summed E-state index contributed by atoms with van der Waals surface area (Å²) in [6.07, 6.45) is 4.94. The number of nitrogens with one attached hydrogen (secondary N) is 2. The van der Waals surface area contributed by atoms with Gasteiger partial charge in [0.25, 0.3) is 5.91 Å². The van der Waals surface area contributed by atoms with E-state index in [-0.39, 0.29) is 11.9 Å². The number of rotatable bonds is 5. The Morgan fingerprint density at radius 2 is 1.96 bits per heavy atom. The molecule has 2 atom stereocenters. The summed E-state index contributed by atoms with van der Waals surface area (Å²) in [5.74, 6) is 0.430. The normalized spacial score (nSPS) is 26.8. The number of hydrogen-bond acceptors (Lipinski definition) is 6. The van der Waals surface area contributed by atoms with E-state index >= 15 is 0 Å². The number of fused-ring (bicyclic) bond motifs is 3. The van der Waals surface area contributed by atoms with Crippen molar-refractivity contribution in [2.45, 2.75) is 31.8 Å². The minimum absolute atomic E-state index is 0.108. The van der Waals surface area contributed by atoms with E-state index in [1.807, 2.05) is 6.07 Å². The second kappa shape index (κ2) is 7.46. The van der Waals surface area contributed by atoms with Crippen LogP contribution >= 0.6 is 11.3 Å². The second-order valence-electron chi connectivity index (χ2n) is 7.56. The number of thiazole rings is 1. The molecule has 3 saturated heterocycles. The van der Waals surface area contributed by atoms with Crippen molar-refractivity contribution in [3.63, 3.8) is 0 Å². The summed E-state index contributed by atoms with van der Waals surface area (Å²) in [7, 11) is -3.40. The van der Waals surface area contributed by atoms with E-state index < -0.39 is 10.0 Å². The Labute approximate surface area is 169 Å². The molecule has 3 aliphatic rings. The average Bonchev–Trinajstić information content (AvgIpc) is 3.14. The van der Waals surface area contributed by atoms with Crippen molar-refractivity contribution >= 4 is 33.0 Å². The van der Waals surface area contributed by atoms with Gasteiger partial charge < -0.3 is 5.32 Å². The van der Waals surface area contributed by atoms with Crippen molar-refractivity contribution in [1.29, 1.82) is 0 Å². The van der Waals surface area contributed by atoms with Gasteiger partial charge in [-0.25, -0.2) is 13.4 Å². The van der Waals surface area contributed by atoms with E-state index in [4.69, 9.17) is 0 Å². The van der Waals surface area contributed by atoms with Gasteiger partial charge in [0.2, 0.25) is 10.0 Å². The van der Waals surface area contributed by atoms with Gasteiger partial charge in [-0.1, -0.05) is 12.1 Å². The Bertz CT molecular complexity index is 979. The second-order valence-corrected chi connectivity index (χ2v) is 10.3. The SMILES string of the molecule is C[C@H]1[C@H](NC(=O)c2cnc(-c3ccccc3NS(C)(=O)=O)s2)C2CCN1CC2. The molecule has 9 heteroatoms. The number of carbonyl (C=O) groups excluding carboxylic acids is 1. The molecular formula is C19H24N4O3S2. The molecule has 2 bridgehead atoms. The first-order chi connectivity index (χ1) is 13.3. The summed E-state index contributed by atoms with van der Waals surface area (Å²) in [6.45, 7) is 4.42. The number of benzene rings is 1. The van der Waals surface area contributed by atoms with Crippen LogP contribution in [0, 0.1) is 5.92 Å². The quantitative estimate of drug-likeness (QED) is 0.775. The molecule has 1 amide bonds. The monoisotopic (exact) mass is 420 g/mol. The summed E-state index contributed by atoms with van der Waals surface area (Å²) in [5.41, 5.74) is 1.12. The lowest BCUT2D eigenvalue weighted by Gasteiger charge is -2.49. The van der Waals surface area contributed by atoms with Gasteiger partial charge in [-0.05, 0) is 50.9 Å². The molecule has 0 spiro atoms. The zero-order chi connectivity index (χ0) is 19.9. The number of para-hydroxylation sites is 1. The maximum Gasteiger partial charge on any atom is 0.263 e. The summed E-state index contributed by atoms with van der Waals surface area (Å²) in [5, 5.41) is 3.82. The van der Waals surface area contributed by atoms with Crippen LogP contribution in [0.5, 0.6) is 0 Å². The lowest BCUT2D eigenvalue weighted by molar-refractivity contribution is 0.0218. The molecule has 0 saturated carbocycles. The van der Waals surface area contributed by atoms with Crippen LogP contribution in [-0.2, 0) is 10.0 Å². The fourth-order valence-corrected chi connectivity index (χ4v) is 5.67. The van der Waals surface area contributed by atoms with E-state index in [1.165, 1.54) is 11.3 Å². The highest BCUT2D eigenvalue weighted by atomic mass is 32.2. The van der Waals surface area contributed by atoms with E-state index in [9.17, 15) is 13.2 Å². The zero-order valence-corrected chi connectivity index (χ0v) is 17.5. The van der Waals surface area contributed by atoms with E-state index in [0.29, 0.717) is 33.1 Å². The molecule has 2 N–H and O–H groups in total. The molecule has 0 radical (unpaired) electrons. The third-order valence-corrected chi connectivity index (χ3v) is 7.28. The van der Waals surface area contributed by atoms with Gasteiger partial charge >= 0.3 is 0 Å². The Kier molecular flexibility index (Phi) is 5.15. The number of amides is 1. The van der Waals surface area contributed by atoms with Crippen LogP contribution in [0.2, 0.25) is 0 Å². The van der Waals surface area contributed by atoms with E-state index in [0.717, 1.165) is 32.2 Å². The number of hydrogen-bond donors (Lipinski definition) is 2. The van der Waals surface area contributed by atoms with Crippen LogP contribution < -0.4 is 10.0 Å². The van der Waals surface area contributed by atoms with Gasteiger partial charge in [-0.3, -0.25) is 14.4 Å². The van der Waals surface area contributed by atoms with Crippen LogP contribution in [0.25, 0.3) is 10.6 Å². The minimum Gasteiger partial charge on any atom is -0.347 e. The van der Waals surface area contributed by atoms with E-state index in [1.54, 1.807) is 24.4 Å². The van der Waals surface area contributed by atoms with Crippen molar-refractivity contribution in [2.75, 3.05) is 24.1 Å². The number of piperidine rings is 3. The molecule has 150 valence electrons. The average molecular weight is 421 g/mol.